The van der Waals surface area contributed by atoms with Crippen molar-refractivity contribution in [2.45, 2.75) is 32.2 Å². The van der Waals surface area contributed by atoms with Crippen LogP contribution in [0.2, 0.25) is 0 Å². The Labute approximate surface area is 155 Å². The average molecular weight is 374 g/mol. The molecule has 2 aliphatic rings. The Balaban J connectivity index is 1.88. The number of likely N-dealkylation sites (tertiary alicyclic amines) is 1. The maximum atomic E-state index is 13.5. The molecule has 1 aromatic rings. The maximum Gasteiger partial charge on any atom is 0.334 e. The molecule has 2 saturated heterocycles. The van der Waals surface area contributed by atoms with Gasteiger partial charge in [-0.25, -0.2) is 4.98 Å². The lowest BCUT2D eigenvalue weighted by atomic mass is 9.98. The van der Waals surface area contributed by atoms with E-state index >= 15 is 0 Å². The molecule has 1 amide bonds. The molecular formula is C18H19FN4O4. The quantitative estimate of drug-likeness (QED) is 0.606. The Kier molecular flexibility index (Phi) is 5.76. The number of halogens is 1. The van der Waals surface area contributed by atoms with E-state index in [9.17, 15) is 24.0 Å². The number of carbonyl (C=O) groups excluding carboxylic acids is 3. The smallest absolute Gasteiger partial charge is 0.334 e. The summed E-state index contributed by atoms with van der Waals surface area (Å²) in [5.41, 5.74) is -0.618. The van der Waals surface area contributed by atoms with Crippen LogP contribution in [0.4, 0.5) is 4.39 Å². The van der Waals surface area contributed by atoms with Crippen LogP contribution in [0.5, 0.6) is 5.88 Å². The average Bonchev–Trinajstić information content (AvgIpc) is 3.07. The minimum absolute atomic E-state index is 0.0233. The summed E-state index contributed by atoms with van der Waals surface area (Å²) in [7, 11) is 0. The van der Waals surface area contributed by atoms with Crippen molar-refractivity contribution < 1.29 is 23.5 Å². The molecule has 8 nitrogen and oxygen atoms in total. The highest BCUT2D eigenvalue weighted by Gasteiger charge is 2.28. The van der Waals surface area contributed by atoms with Gasteiger partial charge >= 0.3 is 12.0 Å². The Hall–Kier alpha value is -2.86. The molecule has 9 heteroatoms. The van der Waals surface area contributed by atoms with E-state index < -0.39 is 17.6 Å². The molecule has 0 atom stereocenters. The molecule has 3 heterocycles. The minimum atomic E-state index is -1.75. The first-order valence-electron chi connectivity index (χ1n) is 8.83. The second-order valence-electron chi connectivity index (χ2n) is 6.59. The monoisotopic (exact) mass is 374 g/mol. The van der Waals surface area contributed by atoms with Gasteiger partial charge in [0, 0.05) is 13.0 Å². The van der Waals surface area contributed by atoms with E-state index in [1.165, 1.54) is 4.90 Å². The predicted molar refractivity (Wildman–Crippen MR) is 90.3 cm³/mol. The van der Waals surface area contributed by atoms with Crippen molar-refractivity contribution in [1.82, 2.24) is 15.2 Å². The lowest BCUT2D eigenvalue weighted by Crippen LogP contribution is -2.34. The van der Waals surface area contributed by atoms with Crippen molar-refractivity contribution in [3.63, 3.8) is 0 Å². The van der Waals surface area contributed by atoms with E-state index in [-0.39, 0.29) is 35.5 Å². The molecule has 0 saturated carbocycles. The standard InChI is InChI=1S/C18H19FN4O4/c19-16(25)13-8-12(9-20)17(27-18(26)11-3-5-21-6-4-11)22-14(13)10-23-7-1-2-15(23)24/h8,11,21H,1-7,10H2. The van der Waals surface area contributed by atoms with Crippen LogP contribution in [0.25, 0.3) is 0 Å². The highest BCUT2D eigenvalue weighted by atomic mass is 19.1. The summed E-state index contributed by atoms with van der Waals surface area (Å²) in [6.45, 7) is 1.78. The van der Waals surface area contributed by atoms with E-state index in [2.05, 4.69) is 10.3 Å². The molecule has 0 radical (unpaired) electrons. The van der Waals surface area contributed by atoms with Gasteiger partial charge in [-0.1, -0.05) is 0 Å². The number of hydrogen-bond acceptors (Lipinski definition) is 7. The number of piperidine rings is 1. The van der Waals surface area contributed by atoms with E-state index in [1.54, 1.807) is 6.07 Å². The summed E-state index contributed by atoms with van der Waals surface area (Å²) >= 11 is 0. The minimum Gasteiger partial charge on any atom is -0.406 e. The number of nitrogens with one attached hydrogen (secondary N) is 1. The van der Waals surface area contributed by atoms with Crippen LogP contribution in [0.3, 0.4) is 0 Å². The lowest BCUT2D eigenvalue weighted by molar-refractivity contribution is -0.140. The van der Waals surface area contributed by atoms with Gasteiger partial charge in [0.05, 0.1) is 23.7 Å². The molecule has 142 valence electrons. The normalized spacial score (nSPS) is 17.6. The Morgan fingerprint density at radius 2 is 2.15 bits per heavy atom. The number of nitrogens with zero attached hydrogens (tertiary/aromatic N) is 3. The van der Waals surface area contributed by atoms with Crippen molar-refractivity contribution >= 4 is 17.9 Å². The lowest BCUT2D eigenvalue weighted by Gasteiger charge is -2.21. The second kappa shape index (κ2) is 8.22. The third-order valence-electron chi connectivity index (χ3n) is 4.78. The zero-order valence-corrected chi connectivity index (χ0v) is 14.7. The predicted octanol–water partition coefficient (Wildman–Crippen LogP) is 1.09. The van der Waals surface area contributed by atoms with Crippen molar-refractivity contribution in [1.29, 1.82) is 5.26 Å². The number of nitriles is 1. The fourth-order valence-corrected chi connectivity index (χ4v) is 3.27. The molecule has 0 unspecified atom stereocenters. The molecule has 1 N–H and O–H groups in total. The van der Waals surface area contributed by atoms with Crippen LogP contribution in [0, 0.1) is 17.2 Å². The van der Waals surface area contributed by atoms with Gasteiger partial charge in [0.25, 0.3) is 0 Å². The summed E-state index contributed by atoms with van der Waals surface area (Å²) < 4.78 is 18.8. The number of amides is 1. The summed E-state index contributed by atoms with van der Waals surface area (Å²) in [6, 6.07) is 1.05. The Morgan fingerprint density at radius 3 is 2.74 bits per heavy atom. The maximum absolute atomic E-state index is 13.5. The zero-order valence-electron chi connectivity index (χ0n) is 14.7. The molecule has 0 spiro atoms. The number of ether oxygens (including phenoxy) is 1. The summed E-state index contributed by atoms with van der Waals surface area (Å²) in [5, 5.41) is 12.4. The number of aromatic nitrogens is 1. The first-order valence-corrected chi connectivity index (χ1v) is 8.83. The number of esters is 1. The van der Waals surface area contributed by atoms with Gasteiger partial charge in [-0.15, -0.1) is 0 Å². The van der Waals surface area contributed by atoms with E-state index in [0.29, 0.717) is 45.3 Å². The fourth-order valence-electron chi connectivity index (χ4n) is 3.27. The van der Waals surface area contributed by atoms with Crippen molar-refractivity contribution in [3.8, 4) is 11.9 Å². The van der Waals surface area contributed by atoms with Crippen LogP contribution in [-0.2, 0) is 16.1 Å². The van der Waals surface area contributed by atoms with Crippen LogP contribution in [0.1, 0.15) is 47.3 Å². The van der Waals surface area contributed by atoms with Crippen molar-refractivity contribution in [2.24, 2.45) is 5.92 Å². The van der Waals surface area contributed by atoms with Crippen LogP contribution >= 0.6 is 0 Å². The van der Waals surface area contributed by atoms with Gasteiger partial charge in [-0.3, -0.25) is 14.4 Å². The molecule has 0 aliphatic carbocycles. The van der Waals surface area contributed by atoms with E-state index in [0.717, 1.165) is 6.07 Å². The highest BCUT2D eigenvalue weighted by Crippen LogP contribution is 2.25. The molecular weight excluding hydrogens is 355 g/mol. The topological polar surface area (TPSA) is 112 Å². The van der Waals surface area contributed by atoms with Gasteiger partial charge in [-0.2, -0.15) is 9.65 Å². The summed E-state index contributed by atoms with van der Waals surface area (Å²) in [6.07, 6.45) is 2.27. The van der Waals surface area contributed by atoms with E-state index in [1.807, 2.05) is 0 Å². The summed E-state index contributed by atoms with van der Waals surface area (Å²) in [4.78, 5) is 41.0. The molecule has 2 fully saturated rings. The first-order chi connectivity index (χ1) is 13.0. The molecule has 27 heavy (non-hydrogen) atoms. The van der Waals surface area contributed by atoms with Crippen molar-refractivity contribution in [3.05, 3.63) is 22.9 Å². The first kappa shape index (κ1) is 18.9. The molecule has 1 aromatic heterocycles. The summed E-state index contributed by atoms with van der Waals surface area (Å²) in [5.74, 6) is -1.20. The largest absolute Gasteiger partial charge is 0.406 e. The molecule has 2 aliphatic heterocycles. The number of pyridine rings is 1. The number of carbonyl (C=O) groups is 3. The Bertz CT molecular complexity index is 814. The van der Waals surface area contributed by atoms with Gasteiger partial charge in [0.15, 0.2) is 0 Å². The number of hydrogen-bond donors (Lipinski definition) is 1. The number of rotatable bonds is 5. The molecule has 0 aromatic carbocycles. The van der Waals surface area contributed by atoms with Crippen molar-refractivity contribution in [2.75, 3.05) is 19.6 Å². The van der Waals surface area contributed by atoms with Gasteiger partial charge in [0.1, 0.15) is 11.6 Å². The highest BCUT2D eigenvalue weighted by molar-refractivity contribution is 5.90. The molecule has 0 bridgehead atoms. The third-order valence-corrected chi connectivity index (χ3v) is 4.78. The van der Waals surface area contributed by atoms with E-state index in [4.69, 9.17) is 4.74 Å². The fraction of sp³-hybridized carbons (Fsp3) is 0.500. The molecule has 3 rings (SSSR count). The van der Waals surface area contributed by atoms with Gasteiger partial charge < -0.3 is 15.0 Å². The Morgan fingerprint density at radius 1 is 1.41 bits per heavy atom. The zero-order chi connectivity index (χ0) is 19.4. The van der Waals surface area contributed by atoms with Gasteiger partial charge in [-0.05, 0) is 38.4 Å². The van der Waals surface area contributed by atoms with Crippen LogP contribution < -0.4 is 10.1 Å². The van der Waals surface area contributed by atoms with Gasteiger partial charge in [0.2, 0.25) is 11.8 Å². The van der Waals surface area contributed by atoms with Crippen LogP contribution in [0.15, 0.2) is 6.07 Å². The SMILES string of the molecule is N#Cc1cc(C(=O)F)c(CN2CCCC2=O)nc1OC(=O)C1CCNCC1. The second-order valence-corrected chi connectivity index (χ2v) is 6.59. The van der Waals surface area contributed by atoms with Crippen LogP contribution in [-0.4, -0.2) is 47.4 Å². The third kappa shape index (κ3) is 4.28.